The zero-order chi connectivity index (χ0) is 20.1. The van der Waals surface area contributed by atoms with E-state index in [9.17, 15) is 15.0 Å². The third-order valence-corrected chi connectivity index (χ3v) is 6.07. The lowest BCUT2D eigenvalue weighted by Gasteiger charge is -2.46. The van der Waals surface area contributed by atoms with Gasteiger partial charge in [0.05, 0.1) is 0 Å². The number of carboxylic acid groups (broad SMARTS) is 1. The molecule has 158 valence electrons. The number of carbonyl (C=O) groups is 1. The molecule has 2 aromatic rings. The summed E-state index contributed by atoms with van der Waals surface area (Å²) >= 11 is 0. The highest BCUT2D eigenvalue weighted by atomic mass is 35.5. The van der Waals surface area contributed by atoms with Crippen LogP contribution >= 0.6 is 12.4 Å². The van der Waals surface area contributed by atoms with Gasteiger partial charge in [-0.15, -0.1) is 12.4 Å². The van der Waals surface area contributed by atoms with Crippen LogP contribution in [0.3, 0.4) is 0 Å². The Balaban J connectivity index is 0.00000300. The molecule has 1 fully saturated rings. The molecule has 0 amide bonds. The number of halogens is 1. The minimum Gasteiger partial charge on any atom is -0.508 e. The van der Waals surface area contributed by atoms with Crippen LogP contribution in [0, 0.1) is 0 Å². The Hall–Kier alpha value is -2.08. The van der Waals surface area contributed by atoms with Gasteiger partial charge in [0, 0.05) is 11.6 Å². The van der Waals surface area contributed by atoms with E-state index < -0.39 is 12.0 Å². The molecule has 2 aromatic carbocycles. The van der Waals surface area contributed by atoms with Crippen LogP contribution in [0.5, 0.6) is 5.75 Å². The monoisotopic (exact) mass is 418 g/mol. The average Bonchev–Trinajstić information content (AvgIpc) is 2.68. The molecule has 29 heavy (non-hydrogen) atoms. The highest BCUT2D eigenvalue weighted by Crippen LogP contribution is 2.41. The maximum atomic E-state index is 11.8. The number of carboxylic acids is 1. The van der Waals surface area contributed by atoms with Gasteiger partial charge in [-0.05, 0) is 69.5 Å². The van der Waals surface area contributed by atoms with Gasteiger partial charge in [-0.2, -0.15) is 0 Å². The van der Waals surface area contributed by atoms with Gasteiger partial charge in [0.25, 0.3) is 0 Å². The molecular formula is C23H31ClN2O3. The molecule has 3 rings (SSSR count). The maximum absolute atomic E-state index is 11.8. The van der Waals surface area contributed by atoms with Crippen molar-refractivity contribution in [2.75, 3.05) is 14.1 Å². The molecule has 1 unspecified atom stereocenters. The van der Waals surface area contributed by atoms with Crippen LogP contribution < -0.4 is 5.32 Å². The van der Waals surface area contributed by atoms with Crippen LogP contribution in [0.25, 0.3) is 0 Å². The number of nitrogens with one attached hydrogen (secondary N) is 1. The van der Waals surface area contributed by atoms with Crippen LogP contribution in [0.1, 0.15) is 36.8 Å². The van der Waals surface area contributed by atoms with Crippen molar-refractivity contribution < 1.29 is 15.0 Å². The molecule has 1 aliphatic rings. The standard InChI is InChI=1S/C23H30N2O3.ClH/c1-25(2)23(18-8-4-3-5-9-18)13-11-19(12-14-23)24-21(22(27)28)16-17-7-6-10-20(26)15-17;/h3-10,15,19,21,24,26H,11-14,16H2,1-2H3,(H,27,28);1H. The van der Waals surface area contributed by atoms with Crippen LogP contribution in [0.15, 0.2) is 54.6 Å². The molecule has 0 bridgehead atoms. The number of hydrogen-bond donors (Lipinski definition) is 3. The van der Waals surface area contributed by atoms with Gasteiger partial charge < -0.3 is 15.5 Å². The van der Waals surface area contributed by atoms with E-state index in [0.717, 1.165) is 31.2 Å². The van der Waals surface area contributed by atoms with Crippen molar-refractivity contribution >= 4 is 18.4 Å². The van der Waals surface area contributed by atoms with Gasteiger partial charge in [-0.3, -0.25) is 9.69 Å². The Bertz CT molecular complexity index is 790. The summed E-state index contributed by atoms with van der Waals surface area (Å²) in [5.41, 5.74) is 2.15. The summed E-state index contributed by atoms with van der Waals surface area (Å²) in [6.07, 6.45) is 4.19. The summed E-state index contributed by atoms with van der Waals surface area (Å²) in [6.45, 7) is 0. The number of aliphatic carboxylic acids is 1. The number of benzene rings is 2. The molecule has 5 nitrogen and oxygen atoms in total. The van der Waals surface area contributed by atoms with Crippen LogP contribution in [0.4, 0.5) is 0 Å². The third kappa shape index (κ3) is 5.50. The second kappa shape index (κ2) is 10.1. The van der Waals surface area contributed by atoms with Crippen LogP contribution in [-0.4, -0.2) is 47.3 Å². The molecule has 0 radical (unpaired) electrons. The first-order valence-corrected chi connectivity index (χ1v) is 9.90. The van der Waals surface area contributed by atoms with E-state index in [1.54, 1.807) is 18.2 Å². The largest absolute Gasteiger partial charge is 0.508 e. The molecule has 0 spiro atoms. The Kier molecular flexibility index (Phi) is 8.08. The van der Waals surface area contributed by atoms with E-state index in [1.807, 2.05) is 12.1 Å². The highest BCUT2D eigenvalue weighted by molar-refractivity contribution is 5.85. The van der Waals surface area contributed by atoms with Crippen LogP contribution in [0.2, 0.25) is 0 Å². The topological polar surface area (TPSA) is 72.8 Å². The van der Waals surface area contributed by atoms with E-state index in [2.05, 4.69) is 48.6 Å². The van der Waals surface area contributed by atoms with E-state index in [-0.39, 0.29) is 29.7 Å². The number of aromatic hydroxyl groups is 1. The molecule has 1 saturated carbocycles. The lowest BCUT2D eigenvalue weighted by Crippen LogP contribution is -2.51. The fourth-order valence-corrected chi connectivity index (χ4v) is 4.43. The lowest BCUT2D eigenvalue weighted by molar-refractivity contribution is -0.139. The number of nitrogens with zero attached hydrogens (tertiary/aromatic N) is 1. The van der Waals surface area contributed by atoms with Crippen molar-refractivity contribution in [2.24, 2.45) is 0 Å². The number of rotatable bonds is 7. The first-order valence-electron chi connectivity index (χ1n) is 9.90. The van der Waals surface area contributed by atoms with Crippen LogP contribution in [-0.2, 0) is 16.8 Å². The molecule has 3 N–H and O–H groups in total. The second-order valence-corrected chi connectivity index (χ2v) is 8.00. The predicted molar refractivity (Wildman–Crippen MR) is 118 cm³/mol. The second-order valence-electron chi connectivity index (χ2n) is 8.00. The summed E-state index contributed by atoms with van der Waals surface area (Å²) in [7, 11) is 4.26. The van der Waals surface area contributed by atoms with Crippen molar-refractivity contribution in [1.29, 1.82) is 0 Å². The maximum Gasteiger partial charge on any atom is 0.321 e. The average molecular weight is 419 g/mol. The fourth-order valence-electron chi connectivity index (χ4n) is 4.43. The molecular weight excluding hydrogens is 388 g/mol. The summed E-state index contributed by atoms with van der Waals surface area (Å²) in [4.78, 5) is 14.1. The summed E-state index contributed by atoms with van der Waals surface area (Å²) < 4.78 is 0. The Morgan fingerprint density at radius 1 is 1.14 bits per heavy atom. The number of hydrogen-bond acceptors (Lipinski definition) is 4. The van der Waals surface area contributed by atoms with E-state index in [0.29, 0.717) is 6.42 Å². The van der Waals surface area contributed by atoms with Crippen molar-refractivity contribution in [1.82, 2.24) is 10.2 Å². The minimum atomic E-state index is -0.851. The Labute approximate surface area is 179 Å². The smallest absolute Gasteiger partial charge is 0.321 e. The van der Waals surface area contributed by atoms with Crippen molar-refractivity contribution in [3.8, 4) is 5.75 Å². The zero-order valence-corrected chi connectivity index (χ0v) is 17.9. The number of phenolic OH excluding ortho intramolecular Hbond substituents is 1. The minimum absolute atomic E-state index is 0. The van der Waals surface area contributed by atoms with Crippen molar-refractivity contribution in [3.63, 3.8) is 0 Å². The molecule has 1 atom stereocenters. The van der Waals surface area contributed by atoms with E-state index in [1.165, 1.54) is 5.56 Å². The summed E-state index contributed by atoms with van der Waals surface area (Å²) in [5.74, 6) is -0.686. The van der Waals surface area contributed by atoms with Gasteiger partial charge in [0.15, 0.2) is 0 Å². The Morgan fingerprint density at radius 2 is 1.79 bits per heavy atom. The SMILES string of the molecule is CN(C)C1(c2ccccc2)CCC(NC(Cc2cccc(O)c2)C(=O)O)CC1.Cl. The molecule has 1 aliphatic carbocycles. The molecule has 0 aromatic heterocycles. The van der Waals surface area contributed by atoms with Gasteiger partial charge in [-0.25, -0.2) is 0 Å². The van der Waals surface area contributed by atoms with E-state index in [4.69, 9.17) is 0 Å². The summed E-state index contributed by atoms with van der Waals surface area (Å²) in [6, 6.07) is 16.9. The van der Waals surface area contributed by atoms with Gasteiger partial charge in [0.2, 0.25) is 0 Å². The van der Waals surface area contributed by atoms with Crippen molar-refractivity contribution in [2.45, 2.75) is 49.7 Å². The Morgan fingerprint density at radius 3 is 2.34 bits per heavy atom. The molecule has 0 heterocycles. The quantitative estimate of drug-likeness (QED) is 0.637. The normalized spacial score (nSPS) is 22.7. The van der Waals surface area contributed by atoms with Gasteiger partial charge in [-0.1, -0.05) is 42.5 Å². The zero-order valence-electron chi connectivity index (χ0n) is 17.0. The first kappa shape index (κ1) is 23.2. The van der Waals surface area contributed by atoms with Gasteiger partial charge >= 0.3 is 5.97 Å². The third-order valence-electron chi connectivity index (χ3n) is 6.07. The fraction of sp³-hybridized carbons (Fsp3) is 0.435. The highest BCUT2D eigenvalue weighted by Gasteiger charge is 2.39. The predicted octanol–water partition coefficient (Wildman–Crippen LogP) is 3.80. The first-order chi connectivity index (χ1) is 13.4. The lowest BCUT2D eigenvalue weighted by atomic mass is 9.74. The van der Waals surface area contributed by atoms with Gasteiger partial charge in [0.1, 0.15) is 11.8 Å². The molecule has 0 saturated heterocycles. The molecule has 6 heteroatoms. The van der Waals surface area contributed by atoms with E-state index >= 15 is 0 Å². The molecule has 0 aliphatic heterocycles. The van der Waals surface area contributed by atoms with Crippen molar-refractivity contribution in [3.05, 3.63) is 65.7 Å². The number of phenols is 1. The summed E-state index contributed by atoms with van der Waals surface area (Å²) in [5, 5.41) is 22.7.